The summed E-state index contributed by atoms with van der Waals surface area (Å²) in [6.45, 7) is 5.73. The summed E-state index contributed by atoms with van der Waals surface area (Å²) in [4.78, 5) is 9.18. The molecule has 13 heavy (non-hydrogen) atoms. The standard InChI is InChI=1S/C9H16O4/c1-7-4-9(10,6-12-11-3)5-8(2)13-7/h8,10H,1,4-6H2,2-3H3. The van der Waals surface area contributed by atoms with Crippen molar-refractivity contribution in [2.75, 3.05) is 13.7 Å². The van der Waals surface area contributed by atoms with Gasteiger partial charge >= 0.3 is 0 Å². The molecule has 2 unspecified atom stereocenters. The van der Waals surface area contributed by atoms with Crippen molar-refractivity contribution in [2.45, 2.75) is 31.5 Å². The maximum Gasteiger partial charge on any atom is 0.111 e. The lowest BCUT2D eigenvalue weighted by molar-refractivity contribution is -0.302. The second-order valence-corrected chi connectivity index (χ2v) is 3.50. The molecule has 1 heterocycles. The third-order valence-corrected chi connectivity index (χ3v) is 2.01. The van der Waals surface area contributed by atoms with Gasteiger partial charge in [-0.25, -0.2) is 9.78 Å². The Hall–Kier alpha value is -0.580. The van der Waals surface area contributed by atoms with E-state index < -0.39 is 5.60 Å². The molecule has 1 fully saturated rings. The number of hydrogen-bond acceptors (Lipinski definition) is 4. The zero-order valence-corrected chi connectivity index (χ0v) is 8.08. The number of ether oxygens (including phenoxy) is 1. The minimum Gasteiger partial charge on any atom is -0.495 e. The minimum absolute atomic E-state index is 0.0216. The van der Waals surface area contributed by atoms with Gasteiger partial charge < -0.3 is 9.84 Å². The average Bonchev–Trinajstić information content (AvgIpc) is 1.98. The van der Waals surface area contributed by atoms with E-state index in [1.165, 1.54) is 7.11 Å². The van der Waals surface area contributed by atoms with Gasteiger partial charge in [0.25, 0.3) is 0 Å². The van der Waals surface area contributed by atoms with Crippen molar-refractivity contribution in [1.82, 2.24) is 0 Å². The minimum atomic E-state index is -0.898. The molecule has 76 valence electrons. The Balaban J connectivity index is 2.50. The lowest BCUT2D eigenvalue weighted by Gasteiger charge is -2.36. The number of aliphatic hydroxyl groups is 1. The van der Waals surface area contributed by atoms with Crippen molar-refractivity contribution in [3.05, 3.63) is 12.3 Å². The van der Waals surface area contributed by atoms with E-state index in [1.807, 2.05) is 6.92 Å². The van der Waals surface area contributed by atoms with Crippen LogP contribution in [0.1, 0.15) is 19.8 Å². The molecule has 0 aromatic rings. The van der Waals surface area contributed by atoms with Gasteiger partial charge in [0.1, 0.15) is 12.2 Å². The van der Waals surface area contributed by atoms with Crippen LogP contribution >= 0.6 is 0 Å². The second-order valence-electron chi connectivity index (χ2n) is 3.50. The topological polar surface area (TPSA) is 47.9 Å². The molecule has 0 aliphatic carbocycles. The summed E-state index contributed by atoms with van der Waals surface area (Å²) < 4.78 is 5.31. The molecule has 0 aromatic carbocycles. The SMILES string of the molecule is C=C1CC(O)(COOC)CC(C)O1. The van der Waals surface area contributed by atoms with Crippen LogP contribution in [0.3, 0.4) is 0 Å². The second kappa shape index (κ2) is 4.09. The van der Waals surface area contributed by atoms with Crippen molar-refractivity contribution >= 4 is 0 Å². The molecule has 4 heteroatoms. The highest BCUT2D eigenvalue weighted by atomic mass is 17.2. The summed E-state index contributed by atoms with van der Waals surface area (Å²) in [5, 5.41) is 10.00. The number of hydrogen-bond donors (Lipinski definition) is 1. The highest BCUT2D eigenvalue weighted by Gasteiger charge is 2.36. The Labute approximate surface area is 78.0 Å². The molecular weight excluding hydrogens is 172 g/mol. The van der Waals surface area contributed by atoms with Crippen LogP contribution in [0, 0.1) is 0 Å². The molecular formula is C9H16O4. The molecule has 0 spiro atoms. The summed E-state index contributed by atoms with van der Waals surface area (Å²) in [6, 6.07) is 0. The molecule has 0 saturated carbocycles. The summed E-state index contributed by atoms with van der Waals surface area (Å²) in [7, 11) is 1.42. The largest absolute Gasteiger partial charge is 0.495 e. The van der Waals surface area contributed by atoms with Crippen molar-refractivity contribution in [2.24, 2.45) is 0 Å². The molecule has 0 radical (unpaired) electrons. The Bertz CT molecular complexity index is 192. The van der Waals surface area contributed by atoms with Gasteiger partial charge in [-0.2, -0.15) is 0 Å². The first-order chi connectivity index (χ1) is 6.06. The average molecular weight is 188 g/mol. The van der Waals surface area contributed by atoms with Crippen LogP contribution in [-0.4, -0.2) is 30.5 Å². The van der Waals surface area contributed by atoms with Crippen LogP contribution in [0.2, 0.25) is 0 Å². The molecule has 1 N–H and O–H groups in total. The van der Waals surface area contributed by atoms with E-state index in [2.05, 4.69) is 11.5 Å². The highest BCUT2D eigenvalue weighted by Crippen LogP contribution is 2.30. The van der Waals surface area contributed by atoms with Crippen molar-refractivity contribution < 1.29 is 19.6 Å². The molecule has 0 bridgehead atoms. The summed E-state index contributed by atoms with van der Waals surface area (Å²) in [5.41, 5.74) is -0.898. The van der Waals surface area contributed by atoms with Crippen LogP contribution in [0.15, 0.2) is 12.3 Å². The maximum atomic E-state index is 10.00. The molecule has 0 amide bonds. The summed E-state index contributed by atoms with van der Waals surface area (Å²) in [5.74, 6) is 0.598. The fourth-order valence-corrected chi connectivity index (χ4v) is 1.62. The van der Waals surface area contributed by atoms with E-state index in [9.17, 15) is 5.11 Å². The van der Waals surface area contributed by atoms with Gasteiger partial charge in [-0.15, -0.1) is 0 Å². The molecule has 1 saturated heterocycles. The van der Waals surface area contributed by atoms with E-state index in [0.29, 0.717) is 18.6 Å². The Kier molecular flexibility index (Phi) is 3.30. The maximum absolute atomic E-state index is 10.00. The van der Waals surface area contributed by atoms with Gasteiger partial charge in [-0.3, -0.25) is 0 Å². The van der Waals surface area contributed by atoms with E-state index in [4.69, 9.17) is 9.62 Å². The van der Waals surface area contributed by atoms with Gasteiger partial charge in [0.15, 0.2) is 0 Å². The molecule has 1 rings (SSSR count). The number of rotatable bonds is 3. The third kappa shape index (κ3) is 2.99. The van der Waals surface area contributed by atoms with Gasteiger partial charge in [0, 0.05) is 12.8 Å². The van der Waals surface area contributed by atoms with E-state index in [0.717, 1.165) is 0 Å². The quantitative estimate of drug-likeness (QED) is 0.530. The normalized spacial score (nSPS) is 34.4. The monoisotopic (exact) mass is 188 g/mol. The van der Waals surface area contributed by atoms with Gasteiger partial charge in [0.05, 0.1) is 19.0 Å². The molecule has 1 aliphatic rings. The molecule has 4 nitrogen and oxygen atoms in total. The van der Waals surface area contributed by atoms with Crippen LogP contribution < -0.4 is 0 Å². The molecule has 0 aromatic heterocycles. The predicted molar refractivity (Wildman–Crippen MR) is 46.8 cm³/mol. The predicted octanol–water partition coefficient (Wildman–Crippen LogP) is 1.01. The Morgan fingerprint density at radius 1 is 1.77 bits per heavy atom. The van der Waals surface area contributed by atoms with Crippen LogP contribution in [0.4, 0.5) is 0 Å². The zero-order valence-electron chi connectivity index (χ0n) is 8.08. The third-order valence-electron chi connectivity index (χ3n) is 2.01. The van der Waals surface area contributed by atoms with Gasteiger partial charge in [-0.1, -0.05) is 6.58 Å². The summed E-state index contributed by atoms with van der Waals surface area (Å²) in [6.07, 6.45) is 0.919. The van der Waals surface area contributed by atoms with Gasteiger partial charge in [0.2, 0.25) is 0 Å². The fourth-order valence-electron chi connectivity index (χ4n) is 1.62. The summed E-state index contributed by atoms with van der Waals surface area (Å²) >= 11 is 0. The van der Waals surface area contributed by atoms with E-state index >= 15 is 0 Å². The van der Waals surface area contributed by atoms with Gasteiger partial charge in [-0.05, 0) is 6.92 Å². The van der Waals surface area contributed by atoms with Crippen molar-refractivity contribution in [1.29, 1.82) is 0 Å². The lowest BCUT2D eigenvalue weighted by atomic mass is 9.90. The first-order valence-electron chi connectivity index (χ1n) is 4.28. The smallest absolute Gasteiger partial charge is 0.111 e. The van der Waals surface area contributed by atoms with Crippen LogP contribution in [0.5, 0.6) is 0 Å². The molecule has 2 atom stereocenters. The first-order valence-corrected chi connectivity index (χ1v) is 4.28. The Morgan fingerprint density at radius 3 is 3.00 bits per heavy atom. The van der Waals surface area contributed by atoms with Crippen LogP contribution in [-0.2, 0) is 14.5 Å². The van der Waals surface area contributed by atoms with Crippen molar-refractivity contribution in [3.8, 4) is 0 Å². The van der Waals surface area contributed by atoms with E-state index in [-0.39, 0.29) is 12.7 Å². The van der Waals surface area contributed by atoms with Crippen LogP contribution in [0.25, 0.3) is 0 Å². The first kappa shape index (κ1) is 10.5. The van der Waals surface area contributed by atoms with E-state index in [1.54, 1.807) is 0 Å². The Morgan fingerprint density at radius 2 is 2.46 bits per heavy atom. The highest BCUT2D eigenvalue weighted by molar-refractivity contribution is 4.99. The fraction of sp³-hybridized carbons (Fsp3) is 0.778. The molecule has 1 aliphatic heterocycles. The van der Waals surface area contributed by atoms with Crippen molar-refractivity contribution in [3.63, 3.8) is 0 Å². The lowest BCUT2D eigenvalue weighted by Crippen LogP contribution is -2.42. The zero-order chi connectivity index (χ0) is 9.90.